The highest BCUT2D eigenvalue weighted by molar-refractivity contribution is 5.82. The maximum atomic E-state index is 11.9. The number of amidine groups is 1. The molecule has 1 amide bonds. The van der Waals surface area contributed by atoms with E-state index in [1.165, 1.54) is 0 Å². The van der Waals surface area contributed by atoms with Gasteiger partial charge in [-0.05, 0) is 19.8 Å². The molecule has 0 heterocycles. The van der Waals surface area contributed by atoms with Crippen LogP contribution in [-0.2, 0) is 4.79 Å². The first-order valence-electron chi connectivity index (χ1n) is 6.31. The standard InChI is InChI=1S/C12H25N3O2/c1-4-6-10(7-5-2)12(16)14-9(3)8-11(13)15-17/h9-10,17H,4-8H2,1-3H3,(H2,13,15)(H,14,16). The number of rotatable bonds is 8. The van der Waals surface area contributed by atoms with Crippen molar-refractivity contribution in [2.75, 3.05) is 0 Å². The van der Waals surface area contributed by atoms with E-state index < -0.39 is 0 Å². The monoisotopic (exact) mass is 243 g/mol. The van der Waals surface area contributed by atoms with E-state index >= 15 is 0 Å². The van der Waals surface area contributed by atoms with Crippen LogP contribution in [-0.4, -0.2) is 23.0 Å². The summed E-state index contributed by atoms with van der Waals surface area (Å²) < 4.78 is 0. The average molecular weight is 243 g/mol. The van der Waals surface area contributed by atoms with E-state index in [0.29, 0.717) is 6.42 Å². The van der Waals surface area contributed by atoms with Crippen molar-refractivity contribution in [3.8, 4) is 0 Å². The lowest BCUT2D eigenvalue weighted by molar-refractivity contribution is -0.126. The van der Waals surface area contributed by atoms with E-state index in [2.05, 4.69) is 24.3 Å². The molecule has 0 aromatic carbocycles. The maximum absolute atomic E-state index is 11.9. The molecule has 0 aliphatic rings. The highest BCUT2D eigenvalue weighted by Crippen LogP contribution is 2.13. The predicted octanol–water partition coefficient (Wildman–Crippen LogP) is 1.84. The quantitative estimate of drug-likeness (QED) is 0.263. The first-order valence-corrected chi connectivity index (χ1v) is 6.31. The summed E-state index contributed by atoms with van der Waals surface area (Å²) in [6, 6.07) is -0.102. The second kappa shape index (κ2) is 8.84. The van der Waals surface area contributed by atoms with Gasteiger partial charge in [-0.3, -0.25) is 4.79 Å². The Kier molecular flexibility index (Phi) is 8.19. The fourth-order valence-corrected chi connectivity index (χ4v) is 1.87. The molecule has 0 saturated carbocycles. The van der Waals surface area contributed by atoms with Crippen LogP contribution in [0.1, 0.15) is 52.9 Å². The Balaban J connectivity index is 4.19. The third-order valence-electron chi connectivity index (χ3n) is 2.68. The zero-order valence-corrected chi connectivity index (χ0v) is 11.1. The molecule has 0 aliphatic carbocycles. The van der Waals surface area contributed by atoms with E-state index in [1.54, 1.807) is 0 Å². The van der Waals surface area contributed by atoms with Crippen molar-refractivity contribution in [3.05, 3.63) is 0 Å². The molecule has 0 aromatic rings. The van der Waals surface area contributed by atoms with Gasteiger partial charge in [0.05, 0.1) is 0 Å². The van der Waals surface area contributed by atoms with Crippen LogP contribution in [0.5, 0.6) is 0 Å². The Hall–Kier alpha value is -1.26. The van der Waals surface area contributed by atoms with Crippen LogP contribution < -0.4 is 11.1 Å². The summed E-state index contributed by atoms with van der Waals surface area (Å²) in [5, 5.41) is 14.2. The fraction of sp³-hybridized carbons (Fsp3) is 0.833. The van der Waals surface area contributed by atoms with E-state index in [1.807, 2.05) is 6.92 Å². The second-order valence-electron chi connectivity index (χ2n) is 4.48. The smallest absolute Gasteiger partial charge is 0.223 e. The minimum absolute atomic E-state index is 0.0759. The summed E-state index contributed by atoms with van der Waals surface area (Å²) in [4.78, 5) is 11.9. The number of amides is 1. The third kappa shape index (κ3) is 6.81. The highest BCUT2D eigenvalue weighted by Gasteiger charge is 2.18. The number of oxime groups is 1. The van der Waals surface area contributed by atoms with Crippen LogP contribution in [0.4, 0.5) is 0 Å². The Labute approximate surface area is 103 Å². The topological polar surface area (TPSA) is 87.7 Å². The Morgan fingerprint density at radius 3 is 2.29 bits per heavy atom. The third-order valence-corrected chi connectivity index (χ3v) is 2.68. The van der Waals surface area contributed by atoms with Gasteiger partial charge >= 0.3 is 0 Å². The number of carbonyl (C=O) groups excluding carboxylic acids is 1. The van der Waals surface area contributed by atoms with Crippen LogP contribution in [0.3, 0.4) is 0 Å². The van der Waals surface area contributed by atoms with Gasteiger partial charge in [0, 0.05) is 18.4 Å². The maximum Gasteiger partial charge on any atom is 0.223 e. The Morgan fingerprint density at radius 1 is 1.35 bits per heavy atom. The Bertz CT molecular complexity index is 248. The van der Waals surface area contributed by atoms with Gasteiger partial charge in [0.1, 0.15) is 5.84 Å². The van der Waals surface area contributed by atoms with Gasteiger partial charge in [0.25, 0.3) is 0 Å². The van der Waals surface area contributed by atoms with Gasteiger partial charge in [0.15, 0.2) is 0 Å². The summed E-state index contributed by atoms with van der Waals surface area (Å²) in [6.07, 6.45) is 4.21. The number of carbonyl (C=O) groups is 1. The number of hydrogen-bond acceptors (Lipinski definition) is 3. The molecule has 0 spiro atoms. The molecular formula is C12H25N3O2. The van der Waals surface area contributed by atoms with Crippen LogP contribution in [0.25, 0.3) is 0 Å². The van der Waals surface area contributed by atoms with Gasteiger partial charge in [-0.25, -0.2) is 0 Å². The molecule has 0 aliphatic heterocycles. The molecule has 0 rings (SSSR count). The number of nitrogens with one attached hydrogen (secondary N) is 1. The molecule has 1 atom stereocenters. The van der Waals surface area contributed by atoms with E-state index in [-0.39, 0.29) is 23.7 Å². The predicted molar refractivity (Wildman–Crippen MR) is 68.9 cm³/mol. The van der Waals surface area contributed by atoms with Crippen molar-refractivity contribution in [3.63, 3.8) is 0 Å². The molecular weight excluding hydrogens is 218 g/mol. The van der Waals surface area contributed by atoms with Crippen LogP contribution in [0, 0.1) is 5.92 Å². The fourth-order valence-electron chi connectivity index (χ4n) is 1.87. The zero-order chi connectivity index (χ0) is 13.3. The lowest BCUT2D eigenvalue weighted by Gasteiger charge is -2.19. The first kappa shape index (κ1) is 15.7. The Morgan fingerprint density at radius 2 is 1.88 bits per heavy atom. The minimum atomic E-state index is -0.102. The largest absolute Gasteiger partial charge is 0.409 e. The number of nitrogens with two attached hydrogens (primary N) is 1. The number of nitrogens with zero attached hydrogens (tertiary/aromatic N) is 1. The summed E-state index contributed by atoms with van der Waals surface area (Å²) in [7, 11) is 0. The summed E-state index contributed by atoms with van der Waals surface area (Å²) in [5.74, 6) is 0.298. The molecule has 0 bridgehead atoms. The van der Waals surface area contributed by atoms with E-state index in [9.17, 15) is 4.79 Å². The van der Waals surface area contributed by atoms with Gasteiger partial charge in [-0.15, -0.1) is 0 Å². The molecule has 0 radical (unpaired) electrons. The van der Waals surface area contributed by atoms with Crippen LogP contribution in [0.15, 0.2) is 5.16 Å². The van der Waals surface area contributed by atoms with E-state index in [0.717, 1.165) is 25.7 Å². The van der Waals surface area contributed by atoms with Gasteiger partial charge in [-0.2, -0.15) is 0 Å². The highest BCUT2D eigenvalue weighted by atomic mass is 16.4. The van der Waals surface area contributed by atoms with Crippen LogP contribution in [0.2, 0.25) is 0 Å². The second-order valence-corrected chi connectivity index (χ2v) is 4.48. The molecule has 5 nitrogen and oxygen atoms in total. The normalized spacial score (nSPS) is 13.8. The lowest BCUT2D eigenvalue weighted by Crippen LogP contribution is -2.39. The van der Waals surface area contributed by atoms with Gasteiger partial charge < -0.3 is 16.3 Å². The minimum Gasteiger partial charge on any atom is -0.409 e. The zero-order valence-electron chi connectivity index (χ0n) is 11.1. The molecule has 5 heteroatoms. The summed E-state index contributed by atoms with van der Waals surface area (Å²) in [6.45, 7) is 6.01. The summed E-state index contributed by atoms with van der Waals surface area (Å²) in [5.41, 5.74) is 5.39. The first-order chi connectivity index (χ1) is 8.04. The molecule has 0 aromatic heterocycles. The number of hydrogen-bond donors (Lipinski definition) is 3. The SMILES string of the molecule is CCCC(CCC)C(=O)NC(C)CC(N)=NO. The lowest BCUT2D eigenvalue weighted by atomic mass is 9.97. The average Bonchev–Trinajstić information content (AvgIpc) is 2.28. The van der Waals surface area contributed by atoms with Gasteiger partial charge in [0.2, 0.25) is 5.91 Å². The summed E-state index contributed by atoms with van der Waals surface area (Å²) >= 11 is 0. The van der Waals surface area contributed by atoms with Crippen molar-refractivity contribution >= 4 is 11.7 Å². The van der Waals surface area contributed by atoms with Crippen molar-refractivity contribution in [2.24, 2.45) is 16.8 Å². The van der Waals surface area contributed by atoms with Gasteiger partial charge in [-0.1, -0.05) is 31.8 Å². The van der Waals surface area contributed by atoms with Crippen molar-refractivity contribution in [2.45, 2.75) is 58.9 Å². The molecule has 0 saturated heterocycles. The van der Waals surface area contributed by atoms with E-state index in [4.69, 9.17) is 10.9 Å². The molecule has 4 N–H and O–H groups in total. The molecule has 1 unspecified atom stereocenters. The van der Waals surface area contributed by atoms with Crippen molar-refractivity contribution in [1.29, 1.82) is 0 Å². The van der Waals surface area contributed by atoms with Crippen molar-refractivity contribution in [1.82, 2.24) is 5.32 Å². The van der Waals surface area contributed by atoms with Crippen molar-refractivity contribution < 1.29 is 10.0 Å². The molecule has 0 fully saturated rings. The van der Waals surface area contributed by atoms with Crippen LogP contribution >= 0.6 is 0 Å². The molecule has 17 heavy (non-hydrogen) atoms. The molecule has 100 valence electrons.